The second kappa shape index (κ2) is 9.90. The zero-order valence-corrected chi connectivity index (χ0v) is 14.3. The Kier molecular flexibility index (Phi) is 8.22. The van der Waals surface area contributed by atoms with Crippen LogP contribution in [0, 0.1) is 5.82 Å². The first-order valence-electron chi connectivity index (χ1n) is 7.54. The molecule has 2 aromatic carbocycles. The highest BCUT2D eigenvalue weighted by Gasteiger charge is 2.15. The van der Waals surface area contributed by atoms with Gasteiger partial charge in [0.25, 0.3) is 0 Å². The number of halogens is 2. The molecule has 24 heavy (non-hydrogen) atoms. The molecule has 0 aromatic heterocycles. The number of para-hydroxylation sites is 1. The van der Waals surface area contributed by atoms with Crippen molar-refractivity contribution < 1.29 is 13.9 Å². The Morgan fingerprint density at radius 1 is 1.17 bits per heavy atom. The van der Waals surface area contributed by atoms with E-state index in [9.17, 15) is 9.18 Å². The fourth-order valence-electron chi connectivity index (χ4n) is 2.13. The van der Waals surface area contributed by atoms with Gasteiger partial charge in [0.2, 0.25) is 5.91 Å². The summed E-state index contributed by atoms with van der Waals surface area (Å²) in [5, 5.41) is 2.73. The van der Waals surface area contributed by atoms with Gasteiger partial charge < -0.3 is 15.8 Å². The number of ether oxygens (including phenoxy) is 1. The summed E-state index contributed by atoms with van der Waals surface area (Å²) >= 11 is 0. The average Bonchev–Trinajstić information content (AvgIpc) is 2.55. The summed E-state index contributed by atoms with van der Waals surface area (Å²) in [4.78, 5) is 12.0. The van der Waals surface area contributed by atoms with E-state index in [0.717, 1.165) is 5.56 Å². The van der Waals surface area contributed by atoms with Gasteiger partial charge in [0.1, 0.15) is 6.10 Å². The maximum absolute atomic E-state index is 13.5. The minimum atomic E-state index is -0.627. The third-order valence-electron chi connectivity index (χ3n) is 3.36. The molecule has 2 atom stereocenters. The molecular weight excluding hydrogens is 331 g/mol. The van der Waals surface area contributed by atoms with Crippen LogP contribution in [0.2, 0.25) is 0 Å². The van der Waals surface area contributed by atoms with Gasteiger partial charge >= 0.3 is 0 Å². The van der Waals surface area contributed by atoms with Gasteiger partial charge in [0.05, 0.1) is 12.6 Å². The topological polar surface area (TPSA) is 64.4 Å². The van der Waals surface area contributed by atoms with Crippen molar-refractivity contribution in [3.63, 3.8) is 0 Å². The van der Waals surface area contributed by atoms with E-state index in [1.807, 2.05) is 30.3 Å². The van der Waals surface area contributed by atoms with Gasteiger partial charge in [0, 0.05) is 0 Å². The third-order valence-corrected chi connectivity index (χ3v) is 3.36. The van der Waals surface area contributed by atoms with Crippen molar-refractivity contribution in [1.29, 1.82) is 0 Å². The van der Waals surface area contributed by atoms with Crippen molar-refractivity contribution in [1.82, 2.24) is 5.32 Å². The van der Waals surface area contributed by atoms with Crippen LogP contribution in [-0.2, 0) is 11.2 Å². The van der Waals surface area contributed by atoms with Crippen LogP contribution in [0.25, 0.3) is 0 Å². The predicted octanol–water partition coefficient (Wildman–Crippen LogP) is 2.70. The molecule has 0 aliphatic heterocycles. The molecule has 6 heteroatoms. The summed E-state index contributed by atoms with van der Waals surface area (Å²) in [6.45, 7) is 2.02. The number of amides is 1. The van der Waals surface area contributed by atoms with E-state index >= 15 is 0 Å². The average molecular weight is 353 g/mol. The lowest BCUT2D eigenvalue weighted by atomic mass is 10.1. The molecule has 0 saturated heterocycles. The molecule has 2 rings (SSSR count). The minimum Gasteiger partial charge on any atom is -0.486 e. The van der Waals surface area contributed by atoms with Gasteiger partial charge in [-0.3, -0.25) is 4.79 Å². The van der Waals surface area contributed by atoms with Crippen molar-refractivity contribution in [2.24, 2.45) is 5.73 Å². The largest absolute Gasteiger partial charge is 0.486 e. The van der Waals surface area contributed by atoms with Crippen LogP contribution >= 0.6 is 12.4 Å². The predicted molar refractivity (Wildman–Crippen MR) is 94.9 cm³/mol. The maximum Gasteiger partial charge on any atom is 0.237 e. The second-order valence-electron chi connectivity index (χ2n) is 5.40. The quantitative estimate of drug-likeness (QED) is 0.805. The Morgan fingerprint density at radius 2 is 1.79 bits per heavy atom. The first-order valence-corrected chi connectivity index (χ1v) is 7.54. The molecule has 0 radical (unpaired) electrons. The van der Waals surface area contributed by atoms with Crippen molar-refractivity contribution in [2.45, 2.75) is 25.5 Å². The molecule has 0 heterocycles. The van der Waals surface area contributed by atoms with Gasteiger partial charge in [-0.1, -0.05) is 42.5 Å². The molecule has 0 bridgehead atoms. The van der Waals surface area contributed by atoms with Gasteiger partial charge in [0.15, 0.2) is 11.6 Å². The second-order valence-corrected chi connectivity index (χ2v) is 5.40. The number of carbonyl (C=O) groups is 1. The Hall–Kier alpha value is -2.11. The fourth-order valence-corrected chi connectivity index (χ4v) is 2.13. The monoisotopic (exact) mass is 352 g/mol. The van der Waals surface area contributed by atoms with E-state index in [2.05, 4.69) is 5.32 Å². The van der Waals surface area contributed by atoms with Crippen molar-refractivity contribution in [2.75, 3.05) is 6.54 Å². The highest BCUT2D eigenvalue weighted by Crippen LogP contribution is 2.16. The Balaban J connectivity index is 0.00000288. The first kappa shape index (κ1) is 19.9. The standard InChI is InChI=1S/C18H21FN2O2.ClH/c1-13(23-17-10-6-5-9-15(17)19)12-21-18(22)16(20)11-14-7-3-2-4-8-14;/h2-10,13,16H,11-12,20H2,1H3,(H,21,22);1H/t13?,16-;/m0./s1. The van der Waals surface area contributed by atoms with Crippen molar-refractivity contribution in [3.05, 3.63) is 66.0 Å². The minimum absolute atomic E-state index is 0. The van der Waals surface area contributed by atoms with E-state index in [1.165, 1.54) is 6.07 Å². The van der Waals surface area contributed by atoms with Crippen LogP contribution in [0.3, 0.4) is 0 Å². The molecular formula is C18H22ClFN2O2. The zero-order valence-electron chi connectivity index (χ0n) is 13.4. The van der Waals surface area contributed by atoms with E-state index < -0.39 is 11.9 Å². The van der Waals surface area contributed by atoms with Crippen LogP contribution in [0.4, 0.5) is 4.39 Å². The zero-order chi connectivity index (χ0) is 16.7. The fraction of sp³-hybridized carbons (Fsp3) is 0.278. The number of nitrogens with one attached hydrogen (secondary N) is 1. The molecule has 0 fully saturated rings. The normalized spacial score (nSPS) is 12.6. The molecule has 4 nitrogen and oxygen atoms in total. The van der Waals surface area contributed by atoms with Gasteiger partial charge in [-0.25, -0.2) is 4.39 Å². The molecule has 2 aromatic rings. The summed E-state index contributed by atoms with van der Waals surface area (Å²) < 4.78 is 18.9. The number of carbonyl (C=O) groups excluding carboxylic acids is 1. The lowest BCUT2D eigenvalue weighted by Gasteiger charge is -2.18. The number of rotatable bonds is 7. The van der Waals surface area contributed by atoms with Crippen LogP contribution < -0.4 is 15.8 Å². The Labute approximate surface area is 147 Å². The van der Waals surface area contributed by atoms with E-state index in [1.54, 1.807) is 25.1 Å². The molecule has 1 amide bonds. The number of benzene rings is 2. The number of hydrogen-bond donors (Lipinski definition) is 2. The molecule has 0 aliphatic carbocycles. The molecule has 3 N–H and O–H groups in total. The first-order chi connectivity index (χ1) is 11.1. The smallest absolute Gasteiger partial charge is 0.237 e. The van der Waals surface area contributed by atoms with Crippen LogP contribution in [0.15, 0.2) is 54.6 Å². The highest BCUT2D eigenvalue weighted by molar-refractivity contribution is 5.85. The summed E-state index contributed by atoms with van der Waals surface area (Å²) in [5.41, 5.74) is 6.90. The highest BCUT2D eigenvalue weighted by atomic mass is 35.5. The van der Waals surface area contributed by atoms with Crippen LogP contribution in [0.5, 0.6) is 5.75 Å². The molecule has 130 valence electrons. The molecule has 0 spiro atoms. The summed E-state index contributed by atoms with van der Waals surface area (Å²) in [6, 6.07) is 15.1. The Morgan fingerprint density at radius 3 is 2.46 bits per heavy atom. The molecule has 1 unspecified atom stereocenters. The lowest BCUT2D eigenvalue weighted by Crippen LogP contribution is -2.45. The third kappa shape index (κ3) is 6.18. The SMILES string of the molecule is CC(CNC(=O)[C@@H](N)Cc1ccccc1)Oc1ccccc1F.Cl. The van der Waals surface area contributed by atoms with Crippen molar-refractivity contribution >= 4 is 18.3 Å². The van der Waals surface area contributed by atoms with E-state index in [0.29, 0.717) is 6.42 Å². The maximum atomic E-state index is 13.5. The number of hydrogen-bond acceptors (Lipinski definition) is 3. The van der Waals surface area contributed by atoms with Gasteiger partial charge in [-0.2, -0.15) is 0 Å². The Bertz CT molecular complexity index is 640. The van der Waals surface area contributed by atoms with E-state index in [4.69, 9.17) is 10.5 Å². The van der Waals surface area contributed by atoms with Crippen LogP contribution in [-0.4, -0.2) is 24.6 Å². The summed E-state index contributed by atoms with van der Waals surface area (Å²) in [6.07, 6.45) is 0.106. The molecule has 0 aliphatic rings. The summed E-state index contributed by atoms with van der Waals surface area (Å²) in [7, 11) is 0. The van der Waals surface area contributed by atoms with Gasteiger partial charge in [-0.05, 0) is 31.0 Å². The van der Waals surface area contributed by atoms with Crippen LogP contribution in [0.1, 0.15) is 12.5 Å². The van der Waals surface area contributed by atoms with Gasteiger partial charge in [-0.15, -0.1) is 12.4 Å². The van der Waals surface area contributed by atoms with E-state index in [-0.39, 0.29) is 36.7 Å². The summed E-state index contributed by atoms with van der Waals surface area (Å²) in [5.74, 6) is -0.507. The molecule has 0 saturated carbocycles. The van der Waals surface area contributed by atoms with Crippen molar-refractivity contribution in [3.8, 4) is 5.75 Å². The lowest BCUT2D eigenvalue weighted by molar-refractivity contribution is -0.122. The number of nitrogens with two attached hydrogens (primary N) is 1.